The lowest BCUT2D eigenvalue weighted by Crippen LogP contribution is -2.34. The quantitative estimate of drug-likeness (QED) is 0.482. The number of thiazole rings is 1. The summed E-state index contributed by atoms with van der Waals surface area (Å²) in [5, 5.41) is 8.50. The average molecular weight is 464 g/mol. The molecular weight excluding hydrogens is 445 g/mol. The molecule has 0 spiro atoms. The van der Waals surface area contributed by atoms with E-state index in [2.05, 4.69) is 15.6 Å². The summed E-state index contributed by atoms with van der Waals surface area (Å²) in [7, 11) is 0. The molecule has 30 heavy (non-hydrogen) atoms. The van der Waals surface area contributed by atoms with Gasteiger partial charge < -0.3 is 15.4 Å². The number of hydrogen-bond donors (Lipinski definition) is 2. The Hall–Kier alpha value is -2.61. The van der Waals surface area contributed by atoms with Gasteiger partial charge in [0.25, 0.3) is 11.8 Å². The van der Waals surface area contributed by atoms with Crippen molar-refractivity contribution in [1.82, 2.24) is 15.6 Å². The normalized spacial score (nSPS) is 10.5. The van der Waals surface area contributed by atoms with Crippen molar-refractivity contribution < 1.29 is 14.3 Å². The zero-order chi connectivity index (χ0) is 21.5. The molecule has 0 aliphatic rings. The molecule has 0 saturated heterocycles. The highest BCUT2D eigenvalue weighted by Gasteiger charge is 2.12. The largest absolute Gasteiger partial charge is 0.486 e. The minimum absolute atomic E-state index is 0.262. The molecule has 0 radical (unpaired) electrons. The van der Waals surface area contributed by atoms with Crippen LogP contribution in [0.25, 0.3) is 0 Å². The Morgan fingerprint density at radius 2 is 1.70 bits per heavy atom. The van der Waals surface area contributed by atoms with E-state index in [9.17, 15) is 9.59 Å². The Labute approximate surface area is 188 Å². The van der Waals surface area contributed by atoms with Crippen LogP contribution in [0, 0.1) is 6.92 Å². The Balaban J connectivity index is 1.41. The van der Waals surface area contributed by atoms with Gasteiger partial charge in [-0.2, -0.15) is 0 Å². The Bertz CT molecular complexity index is 1040. The highest BCUT2D eigenvalue weighted by molar-refractivity contribution is 7.09. The van der Waals surface area contributed by atoms with Crippen LogP contribution in [0.1, 0.15) is 31.4 Å². The molecule has 0 aliphatic carbocycles. The van der Waals surface area contributed by atoms with E-state index in [1.165, 1.54) is 17.4 Å². The van der Waals surface area contributed by atoms with Gasteiger partial charge in [0.1, 0.15) is 23.1 Å². The van der Waals surface area contributed by atoms with Crippen LogP contribution in [-0.4, -0.2) is 29.9 Å². The fraction of sp³-hybridized carbons (Fsp3) is 0.190. The molecule has 3 aromatic rings. The highest BCUT2D eigenvalue weighted by Crippen LogP contribution is 2.22. The highest BCUT2D eigenvalue weighted by atomic mass is 35.5. The zero-order valence-electron chi connectivity index (χ0n) is 16.1. The fourth-order valence-electron chi connectivity index (χ4n) is 2.44. The Morgan fingerprint density at radius 3 is 2.40 bits per heavy atom. The Morgan fingerprint density at radius 1 is 1.00 bits per heavy atom. The zero-order valence-corrected chi connectivity index (χ0v) is 18.4. The second kappa shape index (κ2) is 10.4. The van der Waals surface area contributed by atoms with Gasteiger partial charge in [-0.25, -0.2) is 4.98 Å². The predicted octanol–water partition coefficient (Wildman–Crippen LogP) is 4.50. The first-order valence-electron chi connectivity index (χ1n) is 9.07. The van der Waals surface area contributed by atoms with E-state index in [1.54, 1.807) is 17.5 Å². The number of benzene rings is 2. The van der Waals surface area contributed by atoms with Crippen molar-refractivity contribution in [3.05, 3.63) is 79.7 Å². The second-order valence-electron chi connectivity index (χ2n) is 6.37. The van der Waals surface area contributed by atoms with Crippen molar-refractivity contribution in [2.24, 2.45) is 0 Å². The number of nitrogens with one attached hydrogen (secondary N) is 2. The lowest BCUT2D eigenvalue weighted by molar-refractivity contribution is 0.0925. The van der Waals surface area contributed by atoms with E-state index in [0.717, 1.165) is 11.3 Å². The van der Waals surface area contributed by atoms with Crippen LogP contribution in [0.3, 0.4) is 0 Å². The second-order valence-corrected chi connectivity index (χ2v) is 8.13. The first-order valence-corrected chi connectivity index (χ1v) is 10.7. The van der Waals surface area contributed by atoms with Gasteiger partial charge in [0.15, 0.2) is 0 Å². The van der Waals surface area contributed by atoms with E-state index in [0.29, 0.717) is 32.9 Å². The smallest absolute Gasteiger partial charge is 0.270 e. The summed E-state index contributed by atoms with van der Waals surface area (Å²) in [5.41, 5.74) is 1.87. The van der Waals surface area contributed by atoms with Crippen LogP contribution >= 0.6 is 34.5 Å². The molecule has 0 atom stereocenters. The van der Waals surface area contributed by atoms with Gasteiger partial charge in [0.2, 0.25) is 0 Å². The number of nitrogens with zero attached hydrogens (tertiary/aromatic N) is 1. The number of halogens is 2. The minimum atomic E-state index is -0.309. The number of aryl methyl sites for hydroxylation is 1. The molecule has 1 aromatic heterocycles. The lowest BCUT2D eigenvalue weighted by atomic mass is 10.2. The number of aromatic nitrogens is 1. The first kappa shape index (κ1) is 22.1. The summed E-state index contributed by atoms with van der Waals surface area (Å²) >= 11 is 13.1. The van der Waals surface area contributed by atoms with E-state index in [1.807, 2.05) is 31.2 Å². The number of carbonyl (C=O) groups is 2. The molecule has 2 N–H and O–H groups in total. The Kier molecular flexibility index (Phi) is 7.68. The number of carbonyl (C=O) groups excluding carboxylic acids is 2. The van der Waals surface area contributed by atoms with Crippen LogP contribution in [0.5, 0.6) is 5.75 Å². The van der Waals surface area contributed by atoms with Crippen LogP contribution < -0.4 is 15.4 Å². The van der Waals surface area contributed by atoms with Gasteiger partial charge in [0, 0.05) is 24.0 Å². The number of rotatable bonds is 8. The maximum absolute atomic E-state index is 12.2. The van der Waals surface area contributed by atoms with Crippen molar-refractivity contribution in [3.63, 3.8) is 0 Å². The molecular formula is C21H19Cl2N3O3S. The summed E-state index contributed by atoms with van der Waals surface area (Å²) in [4.78, 5) is 28.6. The van der Waals surface area contributed by atoms with Crippen molar-refractivity contribution in [3.8, 4) is 5.75 Å². The van der Waals surface area contributed by atoms with Crippen LogP contribution in [-0.2, 0) is 6.61 Å². The molecule has 1 heterocycles. The monoisotopic (exact) mass is 463 g/mol. The van der Waals surface area contributed by atoms with Crippen LogP contribution in [0.2, 0.25) is 10.0 Å². The molecule has 0 unspecified atom stereocenters. The minimum Gasteiger partial charge on any atom is -0.486 e. The topological polar surface area (TPSA) is 80.3 Å². The van der Waals surface area contributed by atoms with Crippen LogP contribution in [0.4, 0.5) is 0 Å². The van der Waals surface area contributed by atoms with E-state index in [4.69, 9.17) is 27.9 Å². The van der Waals surface area contributed by atoms with Gasteiger partial charge in [-0.3, -0.25) is 9.59 Å². The third-order valence-electron chi connectivity index (χ3n) is 4.05. The molecule has 3 rings (SSSR count). The number of amides is 2. The molecule has 2 aromatic carbocycles. The molecule has 156 valence electrons. The standard InChI is InChI=1S/C21H19Cl2N3O3S/c1-13-2-5-15(6-3-13)29-11-19-26-18(12-30-19)21(28)25-9-8-24-20(27)14-4-7-16(22)17(23)10-14/h2-7,10,12H,8-9,11H2,1H3,(H,24,27)(H,25,28). The van der Waals surface area contributed by atoms with Crippen molar-refractivity contribution >= 4 is 46.4 Å². The van der Waals surface area contributed by atoms with Crippen molar-refractivity contribution in [1.29, 1.82) is 0 Å². The van der Waals surface area contributed by atoms with Crippen molar-refractivity contribution in [2.75, 3.05) is 13.1 Å². The first-order chi connectivity index (χ1) is 14.4. The molecule has 0 bridgehead atoms. The van der Waals surface area contributed by atoms with E-state index >= 15 is 0 Å². The number of hydrogen-bond acceptors (Lipinski definition) is 5. The third kappa shape index (κ3) is 6.19. The molecule has 2 amide bonds. The maximum Gasteiger partial charge on any atom is 0.270 e. The summed E-state index contributed by atoms with van der Waals surface area (Å²) in [5.74, 6) is 0.142. The summed E-state index contributed by atoms with van der Waals surface area (Å²) < 4.78 is 5.67. The summed E-state index contributed by atoms with van der Waals surface area (Å²) in [6, 6.07) is 12.4. The molecule has 6 nitrogen and oxygen atoms in total. The molecule has 0 fully saturated rings. The van der Waals surface area contributed by atoms with Gasteiger partial charge in [-0.15, -0.1) is 11.3 Å². The van der Waals surface area contributed by atoms with Gasteiger partial charge in [-0.05, 0) is 37.3 Å². The maximum atomic E-state index is 12.2. The van der Waals surface area contributed by atoms with Gasteiger partial charge >= 0.3 is 0 Å². The van der Waals surface area contributed by atoms with E-state index in [-0.39, 0.29) is 24.9 Å². The summed E-state index contributed by atoms with van der Waals surface area (Å²) in [6.07, 6.45) is 0. The summed E-state index contributed by atoms with van der Waals surface area (Å²) in [6.45, 7) is 2.83. The molecule has 9 heteroatoms. The predicted molar refractivity (Wildman–Crippen MR) is 119 cm³/mol. The fourth-order valence-corrected chi connectivity index (χ4v) is 3.43. The van der Waals surface area contributed by atoms with Gasteiger partial charge in [0.05, 0.1) is 10.0 Å². The molecule has 0 aliphatic heterocycles. The SMILES string of the molecule is Cc1ccc(OCc2nc(C(=O)NCCNC(=O)c3ccc(Cl)c(Cl)c3)cs2)cc1. The van der Waals surface area contributed by atoms with Gasteiger partial charge in [-0.1, -0.05) is 40.9 Å². The lowest BCUT2D eigenvalue weighted by Gasteiger charge is -2.07. The number of ether oxygens (including phenoxy) is 1. The third-order valence-corrected chi connectivity index (χ3v) is 5.61. The average Bonchev–Trinajstić information content (AvgIpc) is 3.21. The van der Waals surface area contributed by atoms with Crippen LogP contribution in [0.15, 0.2) is 47.8 Å². The van der Waals surface area contributed by atoms with Crippen molar-refractivity contribution in [2.45, 2.75) is 13.5 Å². The molecule has 0 saturated carbocycles. The van der Waals surface area contributed by atoms with E-state index < -0.39 is 0 Å².